The maximum Gasteiger partial charge on any atom is 0.174 e. The lowest BCUT2D eigenvalue weighted by Gasteiger charge is -2.54. The molecule has 4 atom stereocenters. The van der Waals surface area contributed by atoms with Gasteiger partial charge >= 0.3 is 0 Å². The van der Waals surface area contributed by atoms with Gasteiger partial charge in [-0.2, -0.15) is 5.26 Å². The van der Waals surface area contributed by atoms with Crippen molar-refractivity contribution in [1.29, 1.82) is 5.26 Å². The Hall–Kier alpha value is -1.82. The van der Waals surface area contributed by atoms with E-state index in [1.54, 1.807) is 0 Å². The SMILES string of the molecule is N#Cc1ccc2c3c1O[C@@H]1C(=O)CC[C@@H]4[C@@H](CCC[C@@]314)C2. The van der Waals surface area contributed by atoms with E-state index in [4.69, 9.17) is 4.74 Å². The highest BCUT2D eigenvalue weighted by molar-refractivity contribution is 5.89. The third kappa shape index (κ3) is 1.19. The molecule has 2 bridgehead atoms. The van der Waals surface area contributed by atoms with Crippen LogP contribution in [0.5, 0.6) is 5.75 Å². The van der Waals surface area contributed by atoms with Gasteiger partial charge in [-0.3, -0.25) is 4.79 Å². The second-order valence-corrected chi connectivity index (χ2v) is 7.09. The molecule has 3 heteroatoms. The summed E-state index contributed by atoms with van der Waals surface area (Å²) in [5.74, 6) is 2.27. The van der Waals surface area contributed by atoms with Crippen LogP contribution in [0, 0.1) is 23.2 Å². The predicted molar refractivity (Wildman–Crippen MR) is 76.0 cm³/mol. The van der Waals surface area contributed by atoms with Crippen LogP contribution in [0.15, 0.2) is 12.1 Å². The standard InChI is InChI=1S/C18H17NO2/c19-9-12-4-3-11-8-10-2-1-7-18-13(10)5-6-14(20)17(18)21-16(12)15(11)18/h3-4,10,13,17H,1-2,5-8H2/t10-,13+,17+,18+/m0/s1. The fraction of sp³-hybridized carbons (Fsp3) is 0.556. The van der Waals surface area contributed by atoms with E-state index in [0.717, 1.165) is 25.0 Å². The molecule has 2 fully saturated rings. The average molecular weight is 279 g/mol. The van der Waals surface area contributed by atoms with Crippen molar-refractivity contribution in [2.45, 2.75) is 50.0 Å². The number of hydrogen-bond acceptors (Lipinski definition) is 3. The van der Waals surface area contributed by atoms with Crippen LogP contribution in [0.25, 0.3) is 0 Å². The highest BCUT2D eigenvalue weighted by atomic mass is 16.5. The lowest BCUT2D eigenvalue weighted by Crippen LogP contribution is -2.58. The predicted octanol–water partition coefficient (Wildman–Crippen LogP) is 2.89. The molecule has 0 amide bonds. The summed E-state index contributed by atoms with van der Waals surface area (Å²) in [6, 6.07) is 6.24. The van der Waals surface area contributed by atoms with Gasteiger partial charge < -0.3 is 4.74 Å². The van der Waals surface area contributed by atoms with E-state index in [-0.39, 0.29) is 17.3 Å². The third-order valence-electron chi connectivity index (χ3n) is 6.41. The zero-order valence-electron chi connectivity index (χ0n) is 11.9. The van der Waals surface area contributed by atoms with Crippen LogP contribution in [0.1, 0.15) is 48.8 Å². The van der Waals surface area contributed by atoms with Crippen molar-refractivity contribution in [3.63, 3.8) is 0 Å². The summed E-state index contributed by atoms with van der Waals surface area (Å²) in [4.78, 5) is 12.5. The Morgan fingerprint density at radius 1 is 1.33 bits per heavy atom. The van der Waals surface area contributed by atoms with Gasteiger partial charge in [0.2, 0.25) is 0 Å². The van der Waals surface area contributed by atoms with E-state index in [9.17, 15) is 10.1 Å². The Morgan fingerprint density at radius 2 is 2.24 bits per heavy atom. The second kappa shape index (κ2) is 3.68. The van der Waals surface area contributed by atoms with E-state index >= 15 is 0 Å². The molecular formula is C18H17NO2. The molecule has 1 heterocycles. The average Bonchev–Trinajstić information content (AvgIpc) is 2.83. The number of Topliss-reactive ketones (excluding diaryl/α,β-unsaturated/α-hetero) is 1. The molecule has 1 spiro atoms. The van der Waals surface area contributed by atoms with Gasteiger partial charge in [0.1, 0.15) is 11.8 Å². The van der Waals surface area contributed by atoms with Crippen LogP contribution in [0.3, 0.4) is 0 Å². The lowest BCUT2D eigenvalue weighted by molar-refractivity contribution is -0.136. The minimum absolute atomic E-state index is 0.103. The largest absolute Gasteiger partial charge is 0.480 e. The Morgan fingerprint density at radius 3 is 3.10 bits per heavy atom. The van der Waals surface area contributed by atoms with Gasteiger partial charge in [-0.25, -0.2) is 0 Å². The topological polar surface area (TPSA) is 50.1 Å². The van der Waals surface area contributed by atoms with Crippen molar-refractivity contribution in [2.24, 2.45) is 11.8 Å². The molecule has 0 saturated heterocycles. The molecule has 1 aromatic rings. The summed E-state index contributed by atoms with van der Waals surface area (Å²) in [7, 11) is 0. The molecule has 106 valence electrons. The van der Waals surface area contributed by atoms with Gasteiger partial charge in [0.15, 0.2) is 11.9 Å². The van der Waals surface area contributed by atoms with Gasteiger partial charge in [0, 0.05) is 17.4 Å². The van der Waals surface area contributed by atoms with Crippen molar-refractivity contribution in [3.05, 3.63) is 28.8 Å². The molecule has 3 aliphatic carbocycles. The number of ketones is 1. The first-order chi connectivity index (χ1) is 10.3. The second-order valence-electron chi connectivity index (χ2n) is 7.09. The number of carbonyl (C=O) groups excluding carboxylic acids is 1. The zero-order valence-corrected chi connectivity index (χ0v) is 11.9. The van der Waals surface area contributed by atoms with E-state index in [1.807, 2.05) is 6.07 Å². The molecule has 0 N–H and O–H groups in total. The quantitative estimate of drug-likeness (QED) is 0.733. The number of nitrogens with zero attached hydrogens (tertiary/aromatic N) is 1. The molecule has 0 aromatic heterocycles. The van der Waals surface area contributed by atoms with E-state index in [1.165, 1.54) is 24.0 Å². The Balaban J connectivity index is 1.85. The number of nitriles is 1. The third-order valence-corrected chi connectivity index (χ3v) is 6.41. The van der Waals surface area contributed by atoms with Gasteiger partial charge in [-0.1, -0.05) is 12.5 Å². The number of benzene rings is 1. The number of hydrogen-bond donors (Lipinski definition) is 0. The summed E-state index contributed by atoms with van der Waals surface area (Å²) in [6.07, 6.45) is 5.97. The minimum atomic E-state index is -0.317. The minimum Gasteiger partial charge on any atom is -0.480 e. The molecule has 0 radical (unpaired) electrons. The van der Waals surface area contributed by atoms with Crippen LogP contribution >= 0.6 is 0 Å². The molecule has 5 rings (SSSR count). The summed E-state index contributed by atoms with van der Waals surface area (Å²) in [5.41, 5.74) is 3.07. The van der Waals surface area contributed by atoms with E-state index in [2.05, 4.69) is 12.1 Å². The molecule has 1 aliphatic heterocycles. The first kappa shape index (κ1) is 11.8. The van der Waals surface area contributed by atoms with Gasteiger partial charge in [0.25, 0.3) is 0 Å². The highest BCUT2D eigenvalue weighted by Crippen LogP contribution is 2.64. The Labute approximate surface area is 123 Å². The van der Waals surface area contributed by atoms with E-state index < -0.39 is 0 Å². The summed E-state index contributed by atoms with van der Waals surface area (Å²) < 4.78 is 6.14. The van der Waals surface area contributed by atoms with Crippen molar-refractivity contribution < 1.29 is 9.53 Å². The van der Waals surface area contributed by atoms with Crippen LogP contribution in [0.4, 0.5) is 0 Å². The van der Waals surface area contributed by atoms with Crippen LogP contribution in [-0.4, -0.2) is 11.9 Å². The molecule has 4 aliphatic rings. The number of carbonyl (C=O) groups is 1. The first-order valence-corrected chi connectivity index (χ1v) is 8.01. The van der Waals surface area contributed by atoms with Crippen molar-refractivity contribution in [1.82, 2.24) is 0 Å². The highest BCUT2D eigenvalue weighted by Gasteiger charge is 2.64. The van der Waals surface area contributed by atoms with Gasteiger partial charge in [0.05, 0.1) is 5.56 Å². The Bertz CT molecular complexity index is 717. The summed E-state index contributed by atoms with van der Waals surface area (Å²) in [6.45, 7) is 0. The summed E-state index contributed by atoms with van der Waals surface area (Å²) in [5, 5.41) is 9.38. The normalized spacial score (nSPS) is 38.4. The fourth-order valence-corrected chi connectivity index (χ4v) is 5.77. The molecule has 21 heavy (non-hydrogen) atoms. The van der Waals surface area contributed by atoms with Crippen molar-refractivity contribution >= 4 is 5.78 Å². The maximum absolute atomic E-state index is 12.5. The maximum atomic E-state index is 12.5. The number of rotatable bonds is 0. The fourth-order valence-electron chi connectivity index (χ4n) is 5.77. The van der Waals surface area contributed by atoms with Crippen LogP contribution < -0.4 is 4.74 Å². The van der Waals surface area contributed by atoms with Crippen molar-refractivity contribution in [3.8, 4) is 11.8 Å². The smallest absolute Gasteiger partial charge is 0.174 e. The Kier molecular flexibility index (Phi) is 2.07. The molecule has 3 nitrogen and oxygen atoms in total. The van der Waals surface area contributed by atoms with Crippen LogP contribution in [-0.2, 0) is 16.6 Å². The van der Waals surface area contributed by atoms with Gasteiger partial charge in [-0.15, -0.1) is 0 Å². The zero-order chi connectivity index (χ0) is 14.2. The summed E-state index contributed by atoms with van der Waals surface area (Å²) >= 11 is 0. The lowest BCUT2D eigenvalue weighted by atomic mass is 9.48. The monoisotopic (exact) mass is 279 g/mol. The molecule has 2 saturated carbocycles. The van der Waals surface area contributed by atoms with E-state index in [0.29, 0.717) is 23.8 Å². The molecule has 0 unspecified atom stereocenters. The van der Waals surface area contributed by atoms with Crippen molar-refractivity contribution in [2.75, 3.05) is 0 Å². The number of ether oxygens (including phenoxy) is 1. The van der Waals surface area contributed by atoms with Gasteiger partial charge in [-0.05, 0) is 49.1 Å². The molecule has 1 aromatic carbocycles. The van der Waals surface area contributed by atoms with Crippen LogP contribution in [0.2, 0.25) is 0 Å². The molecular weight excluding hydrogens is 262 g/mol. The first-order valence-electron chi connectivity index (χ1n) is 8.01.